The quantitative estimate of drug-likeness (QED) is 0.0334. The summed E-state index contributed by atoms with van der Waals surface area (Å²) < 4.78 is 6.17. The average molecular weight is 1340 g/mol. The third kappa shape index (κ3) is 28.8. The number of phenolic OH excluding ortho intramolecular Hbond substituents is 2. The summed E-state index contributed by atoms with van der Waals surface area (Å²) in [4.78, 5) is 21.5. The lowest BCUT2D eigenvalue weighted by Crippen LogP contribution is -2.59. The van der Waals surface area contributed by atoms with Crippen LogP contribution in [0, 0.1) is 26.2 Å². The van der Waals surface area contributed by atoms with Gasteiger partial charge >= 0.3 is 8.60 Å². The first kappa shape index (κ1) is 86.6. The minimum absolute atomic E-state index is 0.338. The number of aryl methyl sites for hydroxylation is 3. The molecule has 548 valence electrons. The molecule has 3 rings (SSSR count). The third-order valence-electron chi connectivity index (χ3n) is 22.9. The summed E-state index contributed by atoms with van der Waals surface area (Å²) in [6.45, 7) is 39.6. The van der Waals surface area contributed by atoms with Gasteiger partial charge in [0.15, 0.2) is 0 Å². The van der Waals surface area contributed by atoms with Gasteiger partial charge in [-0.25, -0.2) is 0 Å². The zero-order valence-corrected chi connectivity index (χ0v) is 66.9. The van der Waals surface area contributed by atoms with Gasteiger partial charge in [-0.05, 0) is 136 Å². The highest BCUT2D eigenvalue weighted by molar-refractivity contribution is 7.39. The Morgan fingerprint density at radius 1 is 0.284 bits per heavy atom. The van der Waals surface area contributed by atoms with Gasteiger partial charge in [0.25, 0.3) is 0 Å². The lowest BCUT2D eigenvalue weighted by molar-refractivity contribution is -0.000852. The zero-order chi connectivity index (χ0) is 70.4. The number of benzene rings is 3. The predicted octanol–water partition coefficient (Wildman–Crippen LogP) is 29.5. The van der Waals surface area contributed by atoms with Gasteiger partial charge < -0.3 is 24.5 Å². The molecule has 0 aliphatic carbocycles. The molecule has 0 aliphatic rings. The summed E-state index contributed by atoms with van der Waals surface area (Å²) in [5.74, 6) is 1.35. The molecule has 0 radical (unpaired) electrons. The van der Waals surface area contributed by atoms with Crippen molar-refractivity contribution in [3.63, 3.8) is 0 Å². The molecule has 95 heavy (non-hydrogen) atoms. The van der Waals surface area contributed by atoms with Crippen LogP contribution in [0.2, 0.25) is 0 Å². The number of unbranched alkanes of at least 4 members (excludes halogenated alkanes) is 40. The molecule has 5 nitrogen and oxygen atoms in total. The van der Waals surface area contributed by atoms with Crippen molar-refractivity contribution >= 4 is 8.60 Å². The molecular weight excluding hydrogens is 1180 g/mol. The Labute approximate surface area is 592 Å². The van der Waals surface area contributed by atoms with Crippen LogP contribution in [-0.4, -0.2) is 20.0 Å². The molecule has 0 aliphatic heterocycles. The third-order valence-corrected chi connectivity index (χ3v) is 23.2. The second-order valence-corrected chi connectivity index (χ2v) is 34.8. The van der Waals surface area contributed by atoms with Gasteiger partial charge in [0.2, 0.25) is 0 Å². The molecule has 0 bridgehead atoms. The van der Waals surface area contributed by atoms with Gasteiger partial charge in [0.1, 0.15) is 17.2 Å². The molecule has 0 aromatic heterocycles. The van der Waals surface area contributed by atoms with Crippen LogP contribution in [0.3, 0.4) is 0 Å². The fourth-order valence-corrected chi connectivity index (χ4v) is 17.6. The van der Waals surface area contributed by atoms with Crippen LogP contribution in [-0.2, 0) is 27.1 Å². The standard InChI is InChI=1S/C89H157O5P/c1-18-22-26-30-34-38-42-46-50-54-58-62-87(17,75-69-80(86(14,15)16)83(68-74(75)7)94-95(92)93)88(63-59-55-51-47-43-39-35-31-27-23-19-2,64-60-56-52-48-44-40-36-32-28-24-20-3)89(65-61-57-53-49-45-41-37-33-29-25-21-4,76-70-78(84(8,9)10)81(90)66-72(76)5)77-71-79(85(11,12)13)82(91)67-73(77)6/h66-71,90-93H,18-65H2,1-17H3. The van der Waals surface area contributed by atoms with Crippen molar-refractivity contribution in [2.75, 3.05) is 0 Å². The van der Waals surface area contributed by atoms with E-state index in [1.165, 1.54) is 267 Å². The smallest absolute Gasteiger partial charge is 0.391 e. The van der Waals surface area contributed by atoms with Gasteiger partial charge in [-0.15, -0.1) is 0 Å². The van der Waals surface area contributed by atoms with Crippen LogP contribution in [0.1, 0.15) is 455 Å². The summed E-state index contributed by atoms with van der Waals surface area (Å²) in [5.41, 5.74) is 8.18. The highest BCUT2D eigenvalue weighted by Gasteiger charge is 2.62. The van der Waals surface area contributed by atoms with E-state index in [9.17, 15) is 20.0 Å². The van der Waals surface area contributed by atoms with Gasteiger partial charge in [-0.1, -0.05) is 398 Å². The van der Waals surface area contributed by atoms with E-state index in [1.54, 1.807) is 0 Å². The van der Waals surface area contributed by atoms with Crippen LogP contribution in [0.5, 0.6) is 17.2 Å². The number of hydrogen-bond donors (Lipinski definition) is 4. The molecule has 0 heterocycles. The van der Waals surface area contributed by atoms with Crippen molar-refractivity contribution in [3.05, 3.63) is 86.5 Å². The van der Waals surface area contributed by atoms with Crippen molar-refractivity contribution < 1.29 is 24.5 Å². The fraction of sp³-hybridized carbons (Fsp3) is 0.798. The SMILES string of the molecule is CCCCCCCCCCCCCC(C)(c1cc(C(C)(C)C)c(OP(O)O)cc1C)C(CCCCCCCCCCCCC)(CCCCCCCCCCCCC)C(CCCCCCCCCCCCC)(c1cc(C(C)(C)C)c(O)cc1C)c1cc(C(C)(C)C)c(O)cc1C. The van der Waals surface area contributed by atoms with E-state index in [4.69, 9.17) is 4.52 Å². The monoisotopic (exact) mass is 1340 g/mol. The summed E-state index contributed by atoms with van der Waals surface area (Å²) in [5, 5.41) is 25.0. The number of rotatable bonds is 55. The van der Waals surface area contributed by atoms with E-state index in [-0.39, 0.29) is 16.2 Å². The van der Waals surface area contributed by atoms with Crippen LogP contribution >= 0.6 is 8.60 Å². The van der Waals surface area contributed by atoms with Crippen molar-refractivity contribution in [2.45, 2.75) is 453 Å². The summed E-state index contributed by atoms with van der Waals surface area (Å²) >= 11 is 0. The predicted molar refractivity (Wildman–Crippen MR) is 420 cm³/mol. The van der Waals surface area contributed by atoms with E-state index in [2.05, 4.69) is 154 Å². The average Bonchev–Trinajstić information content (AvgIpc) is 0.685. The van der Waals surface area contributed by atoms with Crippen LogP contribution in [0.4, 0.5) is 0 Å². The zero-order valence-electron chi connectivity index (χ0n) is 66.0. The topological polar surface area (TPSA) is 90.2 Å². The molecule has 4 N–H and O–H groups in total. The maximum atomic E-state index is 12.5. The van der Waals surface area contributed by atoms with E-state index >= 15 is 0 Å². The second kappa shape index (κ2) is 46.0. The first-order valence-corrected chi connectivity index (χ1v) is 42.1. The lowest BCUT2D eigenvalue weighted by atomic mass is 9.40. The Hall–Kier alpha value is -2.59. The van der Waals surface area contributed by atoms with Gasteiger partial charge in [0, 0.05) is 11.0 Å². The fourth-order valence-electron chi connectivity index (χ4n) is 17.3. The highest BCUT2D eigenvalue weighted by atomic mass is 31.2. The Morgan fingerprint density at radius 3 is 0.800 bits per heavy atom. The van der Waals surface area contributed by atoms with Gasteiger partial charge in [-0.2, -0.15) is 0 Å². The second-order valence-electron chi connectivity index (χ2n) is 34.1. The molecule has 0 saturated carbocycles. The summed E-state index contributed by atoms with van der Waals surface area (Å²) in [7, 11) is -2.65. The molecular formula is C89H157O5P. The minimum atomic E-state index is -2.65. The summed E-state index contributed by atoms with van der Waals surface area (Å²) in [6, 6.07) is 14.1. The number of phenols is 2. The largest absolute Gasteiger partial charge is 0.508 e. The molecule has 3 aromatic rings. The molecule has 0 spiro atoms. The van der Waals surface area contributed by atoms with Crippen molar-refractivity contribution in [1.29, 1.82) is 0 Å². The van der Waals surface area contributed by atoms with Crippen molar-refractivity contribution in [2.24, 2.45) is 5.41 Å². The Bertz CT molecular complexity index is 2390. The molecule has 6 heteroatoms. The van der Waals surface area contributed by atoms with E-state index in [1.807, 2.05) is 0 Å². The Balaban J connectivity index is 2.73. The molecule has 0 amide bonds. The normalized spacial score (nSPS) is 13.4. The van der Waals surface area contributed by atoms with Crippen molar-refractivity contribution in [1.82, 2.24) is 0 Å². The first-order valence-electron chi connectivity index (χ1n) is 40.9. The maximum Gasteiger partial charge on any atom is 0.391 e. The van der Waals surface area contributed by atoms with Crippen LogP contribution in [0.15, 0.2) is 36.4 Å². The summed E-state index contributed by atoms with van der Waals surface area (Å²) in [6.07, 6.45) is 60.8. The maximum absolute atomic E-state index is 12.5. The molecule has 1 unspecified atom stereocenters. The molecule has 0 fully saturated rings. The number of aromatic hydroxyl groups is 2. The molecule has 1 atom stereocenters. The first-order chi connectivity index (χ1) is 45.2. The van der Waals surface area contributed by atoms with Crippen LogP contribution in [0.25, 0.3) is 0 Å². The Kier molecular flexibility index (Phi) is 42.0. The lowest BCUT2D eigenvalue weighted by Gasteiger charge is -2.63. The Morgan fingerprint density at radius 2 is 0.526 bits per heavy atom. The highest BCUT2D eigenvalue weighted by Crippen LogP contribution is 2.68. The van der Waals surface area contributed by atoms with E-state index in [0.717, 1.165) is 91.2 Å². The number of hydrogen-bond acceptors (Lipinski definition) is 5. The molecule has 0 saturated heterocycles. The minimum Gasteiger partial charge on any atom is -0.508 e. The van der Waals surface area contributed by atoms with Crippen LogP contribution < -0.4 is 4.52 Å². The van der Waals surface area contributed by atoms with Crippen molar-refractivity contribution in [3.8, 4) is 17.2 Å². The van der Waals surface area contributed by atoms with E-state index in [0.29, 0.717) is 17.2 Å². The molecule has 3 aromatic carbocycles. The van der Waals surface area contributed by atoms with E-state index < -0.39 is 24.8 Å². The van der Waals surface area contributed by atoms with Gasteiger partial charge in [-0.3, -0.25) is 0 Å². The van der Waals surface area contributed by atoms with Gasteiger partial charge in [0.05, 0.1) is 0 Å².